The Balaban J connectivity index is 2.74. The van der Waals surface area contributed by atoms with Crippen LogP contribution >= 0.6 is 0 Å². The first-order chi connectivity index (χ1) is 14.5. The molecule has 0 spiro atoms. The lowest BCUT2D eigenvalue weighted by atomic mass is 10.1. The highest BCUT2D eigenvalue weighted by Gasteiger charge is 2.17. The number of hydrogen-bond acceptors (Lipinski definition) is 3. The van der Waals surface area contributed by atoms with Crippen LogP contribution in [0.4, 0.5) is 0 Å². The van der Waals surface area contributed by atoms with Crippen LogP contribution in [0.15, 0.2) is 24.3 Å². The first-order valence-corrected chi connectivity index (χ1v) is 12.1. The van der Waals surface area contributed by atoms with Crippen LogP contribution in [0.3, 0.4) is 0 Å². The molecule has 1 amide bonds. The van der Waals surface area contributed by atoms with E-state index < -0.39 is 0 Å². The number of unbranched alkanes of at least 4 members (excludes halogenated alkanes) is 8. The number of benzene rings is 1. The zero-order valence-corrected chi connectivity index (χ0v) is 19.8. The van der Waals surface area contributed by atoms with Gasteiger partial charge in [-0.1, -0.05) is 85.1 Å². The van der Waals surface area contributed by atoms with E-state index in [1.807, 2.05) is 24.8 Å². The van der Waals surface area contributed by atoms with E-state index in [0.29, 0.717) is 17.7 Å². The number of hydrogen-bond donors (Lipinski definition) is 0. The van der Waals surface area contributed by atoms with E-state index in [0.717, 1.165) is 38.8 Å². The summed E-state index contributed by atoms with van der Waals surface area (Å²) in [6, 6.07) is 6.99. The second kappa shape index (κ2) is 15.9. The second-order valence-corrected chi connectivity index (χ2v) is 8.69. The summed E-state index contributed by atoms with van der Waals surface area (Å²) >= 11 is 0. The van der Waals surface area contributed by atoms with E-state index in [2.05, 4.69) is 13.8 Å². The van der Waals surface area contributed by atoms with Crippen molar-refractivity contribution in [3.8, 4) is 0 Å². The topological polar surface area (TPSA) is 46.6 Å². The molecule has 30 heavy (non-hydrogen) atoms. The lowest BCUT2D eigenvalue weighted by Gasteiger charge is -2.23. The van der Waals surface area contributed by atoms with E-state index in [9.17, 15) is 9.59 Å². The minimum atomic E-state index is -0.357. The van der Waals surface area contributed by atoms with Crippen LogP contribution in [0.25, 0.3) is 0 Å². The lowest BCUT2D eigenvalue weighted by Crippen LogP contribution is -2.33. The maximum atomic E-state index is 13.2. The average molecular weight is 418 g/mol. The molecule has 1 rings (SSSR count). The predicted octanol–water partition coefficient (Wildman–Crippen LogP) is 6.88. The molecule has 0 heterocycles. The summed E-state index contributed by atoms with van der Waals surface area (Å²) in [6.45, 7) is 10.4. The monoisotopic (exact) mass is 417 g/mol. The molecule has 0 aliphatic rings. The van der Waals surface area contributed by atoms with Gasteiger partial charge in [-0.25, -0.2) is 4.79 Å². The Morgan fingerprint density at radius 2 is 1.37 bits per heavy atom. The largest absolute Gasteiger partial charge is 0.462 e. The second-order valence-electron chi connectivity index (χ2n) is 8.69. The van der Waals surface area contributed by atoms with Crippen LogP contribution in [0.5, 0.6) is 0 Å². The number of nitrogens with zero attached hydrogens (tertiary/aromatic N) is 1. The molecule has 0 aliphatic carbocycles. The molecule has 0 atom stereocenters. The Kier molecular flexibility index (Phi) is 13.9. The molecule has 1 aromatic carbocycles. The van der Waals surface area contributed by atoms with Gasteiger partial charge in [-0.3, -0.25) is 4.79 Å². The van der Waals surface area contributed by atoms with Crippen LogP contribution in [0, 0.1) is 5.92 Å². The highest BCUT2D eigenvalue weighted by molar-refractivity contribution is 5.97. The Labute approximate surface area is 184 Å². The van der Waals surface area contributed by atoms with Gasteiger partial charge in [0, 0.05) is 18.7 Å². The van der Waals surface area contributed by atoms with Crippen molar-refractivity contribution in [3.63, 3.8) is 0 Å². The molecule has 0 saturated carbocycles. The number of rotatable bonds is 16. The van der Waals surface area contributed by atoms with Crippen molar-refractivity contribution >= 4 is 11.9 Å². The van der Waals surface area contributed by atoms with Crippen molar-refractivity contribution < 1.29 is 14.3 Å². The molecule has 0 aromatic heterocycles. The van der Waals surface area contributed by atoms with Crippen LogP contribution < -0.4 is 0 Å². The Morgan fingerprint density at radius 3 is 1.90 bits per heavy atom. The van der Waals surface area contributed by atoms with E-state index in [4.69, 9.17) is 4.74 Å². The number of amides is 1. The summed E-state index contributed by atoms with van der Waals surface area (Å²) in [4.78, 5) is 27.5. The SMILES string of the molecule is CCCCCCCN(CCCCCCC)C(=O)c1cccc(C(=O)OCC(C)C)c1. The molecule has 0 radical (unpaired) electrons. The number of ether oxygens (including phenoxy) is 1. The lowest BCUT2D eigenvalue weighted by molar-refractivity contribution is 0.0459. The minimum absolute atomic E-state index is 0.0273. The molecule has 0 bridgehead atoms. The fraction of sp³-hybridized carbons (Fsp3) is 0.692. The third kappa shape index (κ3) is 10.8. The van der Waals surface area contributed by atoms with Gasteiger partial charge < -0.3 is 9.64 Å². The highest BCUT2D eigenvalue weighted by atomic mass is 16.5. The summed E-state index contributed by atoms with van der Waals surface area (Å²) in [6.07, 6.45) is 11.8. The maximum Gasteiger partial charge on any atom is 0.338 e. The van der Waals surface area contributed by atoms with E-state index in [-0.39, 0.29) is 17.8 Å². The third-order valence-electron chi connectivity index (χ3n) is 5.24. The van der Waals surface area contributed by atoms with Crippen molar-refractivity contribution in [1.82, 2.24) is 4.90 Å². The Hall–Kier alpha value is -1.84. The smallest absolute Gasteiger partial charge is 0.338 e. The van der Waals surface area contributed by atoms with Crippen LogP contribution in [0.2, 0.25) is 0 Å². The van der Waals surface area contributed by atoms with Crippen LogP contribution in [0.1, 0.15) is 113 Å². The Bertz CT molecular complexity index is 598. The summed E-state index contributed by atoms with van der Waals surface area (Å²) in [5, 5.41) is 0. The summed E-state index contributed by atoms with van der Waals surface area (Å²) in [5.74, 6) is -0.0433. The fourth-order valence-corrected chi connectivity index (χ4v) is 3.41. The molecule has 0 saturated heterocycles. The standard InChI is InChI=1S/C26H43NO3/c1-5-7-9-11-13-18-27(19-14-12-10-8-6-2)25(28)23-16-15-17-24(20-23)26(29)30-21-22(3)4/h15-17,20,22H,5-14,18-19,21H2,1-4H3. The molecule has 1 aromatic rings. The number of carbonyl (C=O) groups is 2. The zero-order chi connectivity index (χ0) is 22.2. The van der Waals surface area contributed by atoms with Gasteiger partial charge in [0.2, 0.25) is 0 Å². The first kappa shape index (κ1) is 26.2. The van der Waals surface area contributed by atoms with Gasteiger partial charge in [0.1, 0.15) is 0 Å². The minimum Gasteiger partial charge on any atom is -0.462 e. The first-order valence-electron chi connectivity index (χ1n) is 12.1. The molecule has 4 nitrogen and oxygen atoms in total. The molecule has 170 valence electrons. The van der Waals surface area contributed by atoms with Gasteiger partial charge in [0.25, 0.3) is 5.91 Å². The van der Waals surface area contributed by atoms with Gasteiger partial charge in [-0.05, 0) is 37.0 Å². The molecular weight excluding hydrogens is 374 g/mol. The van der Waals surface area contributed by atoms with Gasteiger partial charge in [0.05, 0.1) is 12.2 Å². The zero-order valence-electron chi connectivity index (χ0n) is 19.8. The van der Waals surface area contributed by atoms with Crippen molar-refractivity contribution in [3.05, 3.63) is 35.4 Å². The molecular formula is C26H43NO3. The van der Waals surface area contributed by atoms with Gasteiger partial charge >= 0.3 is 5.97 Å². The van der Waals surface area contributed by atoms with Gasteiger partial charge in [-0.15, -0.1) is 0 Å². The number of esters is 1. The van der Waals surface area contributed by atoms with Crippen LogP contribution in [-0.4, -0.2) is 36.5 Å². The summed E-state index contributed by atoms with van der Waals surface area (Å²) in [5.41, 5.74) is 1.03. The normalized spacial score (nSPS) is 11.0. The summed E-state index contributed by atoms with van der Waals surface area (Å²) in [7, 11) is 0. The van der Waals surface area contributed by atoms with Crippen molar-refractivity contribution in [2.24, 2.45) is 5.92 Å². The third-order valence-corrected chi connectivity index (χ3v) is 5.24. The van der Waals surface area contributed by atoms with Crippen molar-refractivity contribution in [1.29, 1.82) is 0 Å². The van der Waals surface area contributed by atoms with Crippen molar-refractivity contribution in [2.75, 3.05) is 19.7 Å². The molecule has 0 N–H and O–H groups in total. The average Bonchev–Trinajstić information content (AvgIpc) is 2.75. The molecule has 0 aliphatic heterocycles. The molecule has 0 unspecified atom stereocenters. The quantitative estimate of drug-likeness (QED) is 0.217. The van der Waals surface area contributed by atoms with Gasteiger partial charge in [0.15, 0.2) is 0 Å². The van der Waals surface area contributed by atoms with E-state index in [1.54, 1.807) is 18.2 Å². The van der Waals surface area contributed by atoms with E-state index >= 15 is 0 Å². The Morgan fingerprint density at radius 1 is 0.833 bits per heavy atom. The molecule has 0 fully saturated rings. The predicted molar refractivity (Wildman–Crippen MR) is 125 cm³/mol. The molecule has 4 heteroatoms. The number of carbonyl (C=O) groups excluding carboxylic acids is 2. The van der Waals surface area contributed by atoms with Gasteiger partial charge in [-0.2, -0.15) is 0 Å². The maximum absolute atomic E-state index is 13.2. The highest BCUT2D eigenvalue weighted by Crippen LogP contribution is 2.14. The van der Waals surface area contributed by atoms with Crippen molar-refractivity contribution in [2.45, 2.75) is 91.9 Å². The summed E-state index contributed by atoms with van der Waals surface area (Å²) < 4.78 is 5.33. The fourth-order valence-electron chi connectivity index (χ4n) is 3.41. The van der Waals surface area contributed by atoms with E-state index in [1.165, 1.54) is 38.5 Å². The van der Waals surface area contributed by atoms with Crippen LogP contribution in [-0.2, 0) is 4.74 Å².